The highest BCUT2D eigenvalue weighted by molar-refractivity contribution is 9.10. The molecule has 1 aromatic carbocycles. The van der Waals surface area contributed by atoms with Gasteiger partial charge in [-0.15, -0.1) is 0 Å². The molecule has 0 bridgehead atoms. The number of non-ortho nitro benzene ring substituents is 1. The second-order valence-electron chi connectivity index (χ2n) is 4.71. The maximum absolute atomic E-state index is 10.8. The smallest absolute Gasteiger partial charge is 0.270 e. The van der Waals surface area contributed by atoms with Crippen LogP contribution in [-0.2, 0) is 6.54 Å². The van der Waals surface area contributed by atoms with Crippen molar-refractivity contribution in [2.45, 2.75) is 39.8 Å². The van der Waals surface area contributed by atoms with Gasteiger partial charge in [0.15, 0.2) is 0 Å². The number of hydrogen-bond acceptors (Lipinski definition) is 3. The van der Waals surface area contributed by atoms with Crippen molar-refractivity contribution in [3.63, 3.8) is 0 Å². The fourth-order valence-corrected chi connectivity index (χ4v) is 2.47. The lowest BCUT2D eigenvalue weighted by Gasteiger charge is -2.20. The van der Waals surface area contributed by atoms with Crippen molar-refractivity contribution < 1.29 is 4.92 Å². The Morgan fingerprint density at radius 3 is 2.56 bits per heavy atom. The van der Waals surface area contributed by atoms with Crippen molar-refractivity contribution in [1.29, 1.82) is 0 Å². The summed E-state index contributed by atoms with van der Waals surface area (Å²) in [5.41, 5.74) is 1.05. The van der Waals surface area contributed by atoms with Crippen LogP contribution in [0, 0.1) is 16.0 Å². The van der Waals surface area contributed by atoms with E-state index in [1.54, 1.807) is 6.07 Å². The molecule has 0 saturated carbocycles. The summed E-state index contributed by atoms with van der Waals surface area (Å²) in [5.74, 6) is 0.553. The third-order valence-corrected chi connectivity index (χ3v) is 3.42. The molecular formula is C13H19BrN2O2. The van der Waals surface area contributed by atoms with Crippen molar-refractivity contribution in [2.75, 3.05) is 0 Å². The van der Waals surface area contributed by atoms with E-state index in [9.17, 15) is 10.1 Å². The van der Waals surface area contributed by atoms with Gasteiger partial charge in [0.1, 0.15) is 0 Å². The molecule has 1 unspecified atom stereocenters. The first kappa shape index (κ1) is 15.1. The van der Waals surface area contributed by atoms with E-state index in [0.717, 1.165) is 16.5 Å². The van der Waals surface area contributed by atoms with Crippen LogP contribution in [0.1, 0.15) is 32.8 Å². The van der Waals surface area contributed by atoms with Gasteiger partial charge in [0.05, 0.1) is 4.92 Å². The van der Waals surface area contributed by atoms with E-state index >= 15 is 0 Å². The molecule has 1 rings (SSSR count). The van der Waals surface area contributed by atoms with Gasteiger partial charge in [0.2, 0.25) is 0 Å². The zero-order valence-corrected chi connectivity index (χ0v) is 12.5. The monoisotopic (exact) mass is 314 g/mol. The van der Waals surface area contributed by atoms with Crippen molar-refractivity contribution in [3.05, 3.63) is 38.3 Å². The fourth-order valence-electron chi connectivity index (χ4n) is 1.94. The summed E-state index contributed by atoms with van der Waals surface area (Å²) in [7, 11) is 0. The van der Waals surface area contributed by atoms with Crippen molar-refractivity contribution in [1.82, 2.24) is 5.32 Å². The molecule has 1 N–H and O–H groups in total. The Hall–Kier alpha value is -0.940. The molecule has 1 aromatic rings. The number of nitro groups is 1. The van der Waals surface area contributed by atoms with E-state index in [0.29, 0.717) is 18.5 Å². The highest BCUT2D eigenvalue weighted by Gasteiger charge is 2.12. The molecule has 0 radical (unpaired) electrons. The summed E-state index contributed by atoms with van der Waals surface area (Å²) in [6.45, 7) is 7.13. The third kappa shape index (κ3) is 4.38. The molecule has 0 saturated heterocycles. The van der Waals surface area contributed by atoms with Gasteiger partial charge in [0.25, 0.3) is 5.69 Å². The van der Waals surface area contributed by atoms with Crippen LogP contribution in [0.4, 0.5) is 5.69 Å². The van der Waals surface area contributed by atoms with E-state index in [4.69, 9.17) is 0 Å². The molecule has 0 heterocycles. The van der Waals surface area contributed by atoms with Crippen LogP contribution in [-0.4, -0.2) is 11.0 Å². The van der Waals surface area contributed by atoms with Crippen molar-refractivity contribution in [2.24, 2.45) is 5.92 Å². The molecule has 0 spiro atoms. The van der Waals surface area contributed by atoms with E-state index in [1.807, 2.05) is 6.07 Å². The molecule has 0 aliphatic rings. The lowest BCUT2D eigenvalue weighted by molar-refractivity contribution is -0.385. The van der Waals surface area contributed by atoms with E-state index in [-0.39, 0.29) is 10.6 Å². The first-order valence-electron chi connectivity index (χ1n) is 6.11. The van der Waals surface area contributed by atoms with Crippen LogP contribution in [0.5, 0.6) is 0 Å². The van der Waals surface area contributed by atoms with Gasteiger partial charge in [-0.3, -0.25) is 10.1 Å². The van der Waals surface area contributed by atoms with Gasteiger partial charge < -0.3 is 5.32 Å². The molecule has 0 aliphatic heterocycles. The molecule has 1 atom stereocenters. The Balaban J connectivity index is 2.75. The molecular weight excluding hydrogens is 296 g/mol. The second-order valence-corrected chi connectivity index (χ2v) is 5.63. The number of benzene rings is 1. The van der Waals surface area contributed by atoms with Gasteiger partial charge in [0, 0.05) is 29.2 Å². The van der Waals surface area contributed by atoms with Crippen LogP contribution in [0.15, 0.2) is 22.7 Å². The van der Waals surface area contributed by atoms with Crippen LogP contribution < -0.4 is 5.32 Å². The van der Waals surface area contributed by atoms with Crippen LogP contribution in [0.25, 0.3) is 0 Å². The lowest BCUT2D eigenvalue weighted by Crippen LogP contribution is -2.32. The summed E-state index contributed by atoms with van der Waals surface area (Å²) in [6, 6.07) is 5.48. The average Bonchev–Trinajstić information content (AvgIpc) is 2.28. The van der Waals surface area contributed by atoms with Gasteiger partial charge in [-0.05, 0) is 24.0 Å². The van der Waals surface area contributed by atoms with Crippen LogP contribution in [0.3, 0.4) is 0 Å². The fraction of sp³-hybridized carbons (Fsp3) is 0.538. The third-order valence-electron chi connectivity index (χ3n) is 2.97. The van der Waals surface area contributed by atoms with Crippen LogP contribution in [0.2, 0.25) is 0 Å². The highest BCUT2D eigenvalue weighted by Crippen LogP contribution is 2.21. The highest BCUT2D eigenvalue weighted by atomic mass is 79.9. The van der Waals surface area contributed by atoms with Gasteiger partial charge in [-0.1, -0.05) is 36.7 Å². The maximum Gasteiger partial charge on any atom is 0.270 e. The SMILES string of the molecule is CCC(NCc1cc(Br)cc([N+](=O)[O-])c1)C(C)C. The minimum atomic E-state index is -0.367. The maximum atomic E-state index is 10.8. The van der Waals surface area contributed by atoms with Crippen molar-refractivity contribution >= 4 is 21.6 Å². The molecule has 100 valence electrons. The predicted octanol–water partition coefficient (Wildman–Crippen LogP) is 3.88. The normalized spacial score (nSPS) is 12.7. The predicted molar refractivity (Wildman–Crippen MR) is 76.6 cm³/mol. The minimum absolute atomic E-state index is 0.124. The minimum Gasteiger partial charge on any atom is -0.310 e. The number of nitrogens with zero attached hydrogens (tertiary/aromatic N) is 1. The Kier molecular flexibility index (Phi) is 5.75. The first-order valence-corrected chi connectivity index (χ1v) is 6.90. The summed E-state index contributed by atoms with van der Waals surface area (Å²) < 4.78 is 0.742. The number of halogens is 1. The number of nitrogens with one attached hydrogen (secondary N) is 1. The van der Waals surface area contributed by atoms with Crippen LogP contribution >= 0.6 is 15.9 Å². The van der Waals surface area contributed by atoms with Gasteiger partial charge >= 0.3 is 0 Å². The molecule has 0 fully saturated rings. The second kappa shape index (κ2) is 6.85. The van der Waals surface area contributed by atoms with Crippen molar-refractivity contribution in [3.8, 4) is 0 Å². The molecule has 0 amide bonds. The lowest BCUT2D eigenvalue weighted by atomic mass is 10.0. The summed E-state index contributed by atoms with van der Waals surface area (Å²) in [5, 5.41) is 14.2. The van der Waals surface area contributed by atoms with E-state index in [1.165, 1.54) is 6.07 Å². The zero-order valence-electron chi connectivity index (χ0n) is 10.9. The number of rotatable bonds is 6. The van der Waals surface area contributed by atoms with Gasteiger partial charge in [-0.25, -0.2) is 0 Å². The Morgan fingerprint density at radius 1 is 1.39 bits per heavy atom. The Labute approximate surface area is 116 Å². The van der Waals surface area contributed by atoms with E-state index in [2.05, 4.69) is 42.0 Å². The quantitative estimate of drug-likeness (QED) is 0.640. The van der Waals surface area contributed by atoms with E-state index < -0.39 is 0 Å². The summed E-state index contributed by atoms with van der Waals surface area (Å²) in [4.78, 5) is 10.4. The Morgan fingerprint density at radius 2 is 2.06 bits per heavy atom. The van der Waals surface area contributed by atoms with Gasteiger partial charge in [-0.2, -0.15) is 0 Å². The summed E-state index contributed by atoms with van der Waals surface area (Å²) >= 11 is 3.30. The summed E-state index contributed by atoms with van der Waals surface area (Å²) in [6.07, 6.45) is 1.05. The number of hydrogen-bond donors (Lipinski definition) is 1. The first-order chi connectivity index (χ1) is 8.43. The molecule has 5 heteroatoms. The molecule has 18 heavy (non-hydrogen) atoms. The average molecular weight is 315 g/mol. The zero-order chi connectivity index (χ0) is 13.7. The largest absolute Gasteiger partial charge is 0.310 e. The molecule has 4 nitrogen and oxygen atoms in total. The molecule has 0 aromatic heterocycles. The Bertz CT molecular complexity index is 421. The molecule has 0 aliphatic carbocycles. The standard InChI is InChI=1S/C13H19BrN2O2/c1-4-13(9(2)3)15-8-10-5-11(14)7-12(6-10)16(17)18/h5-7,9,13,15H,4,8H2,1-3H3. The topological polar surface area (TPSA) is 55.2 Å². The number of nitro benzene ring substituents is 1.